The molecule has 0 aliphatic carbocycles. The summed E-state index contributed by atoms with van der Waals surface area (Å²) in [6, 6.07) is 10.2. The van der Waals surface area contributed by atoms with Crippen LogP contribution in [0.1, 0.15) is 32.0 Å². The number of nitrogens with zero attached hydrogens (tertiary/aromatic N) is 4. The minimum atomic E-state index is -0.814. The molecular formula is C22H14F2N4O2. The Balaban J connectivity index is 1.73. The summed E-state index contributed by atoms with van der Waals surface area (Å²) in [6.45, 7) is 3.52. The molecule has 6 nitrogen and oxygen atoms in total. The van der Waals surface area contributed by atoms with Crippen molar-refractivity contribution in [2.24, 2.45) is 0 Å². The summed E-state index contributed by atoms with van der Waals surface area (Å²) in [4.78, 5) is 31.6. The van der Waals surface area contributed by atoms with E-state index in [0.29, 0.717) is 16.8 Å². The second kappa shape index (κ2) is 6.28. The number of halogens is 2. The topological polar surface area (TPSA) is 68.1 Å². The maximum absolute atomic E-state index is 14.3. The number of amides is 2. The van der Waals surface area contributed by atoms with Crippen molar-refractivity contribution in [1.82, 2.24) is 14.8 Å². The SMILES string of the molecule is Cc1cccc(N2C(=O)c3cnc4c(c(C)nn4-c4ccc(F)cc4F)c3C2=O)c1. The second-order valence-corrected chi connectivity index (χ2v) is 7.12. The van der Waals surface area contributed by atoms with Crippen LogP contribution in [0.25, 0.3) is 16.7 Å². The zero-order chi connectivity index (χ0) is 21.2. The zero-order valence-electron chi connectivity index (χ0n) is 16.0. The number of benzene rings is 2. The van der Waals surface area contributed by atoms with E-state index in [9.17, 15) is 18.4 Å². The predicted molar refractivity (Wildman–Crippen MR) is 106 cm³/mol. The van der Waals surface area contributed by atoms with Crippen molar-refractivity contribution in [3.63, 3.8) is 0 Å². The van der Waals surface area contributed by atoms with Crippen molar-refractivity contribution in [3.05, 3.63) is 82.7 Å². The largest absolute Gasteiger partial charge is 0.268 e. The molecule has 148 valence electrons. The van der Waals surface area contributed by atoms with Crippen molar-refractivity contribution in [2.45, 2.75) is 13.8 Å². The standard InChI is InChI=1S/C22H14F2N4O2/c1-11-4-3-5-14(8-11)27-21(29)15-10-25-20-18(19(15)22(27)30)12(2)26-28(20)17-7-6-13(23)9-16(17)24/h3-10H,1-2H3. The van der Waals surface area contributed by atoms with Crippen LogP contribution in [0, 0.1) is 25.5 Å². The molecule has 0 bridgehead atoms. The first-order valence-electron chi connectivity index (χ1n) is 9.16. The van der Waals surface area contributed by atoms with E-state index in [1.165, 1.54) is 16.9 Å². The van der Waals surface area contributed by atoms with Gasteiger partial charge in [-0.15, -0.1) is 0 Å². The zero-order valence-corrected chi connectivity index (χ0v) is 16.0. The molecule has 4 aromatic rings. The van der Waals surface area contributed by atoms with Gasteiger partial charge >= 0.3 is 0 Å². The number of hydrogen-bond donors (Lipinski definition) is 0. The first kappa shape index (κ1) is 18.1. The van der Waals surface area contributed by atoms with Crippen LogP contribution in [0.5, 0.6) is 0 Å². The number of carbonyl (C=O) groups is 2. The lowest BCUT2D eigenvalue weighted by Gasteiger charge is -2.14. The molecule has 1 aliphatic rings. The highest BCUT2D eigenvalue weighted by molar-refractivity contribution is 6.37. The number of aromatic nitrogens is 3. The number of anilines is 1. The van der Waals surface area contributed by atoms with Gasteiger partial charge in [0.2, 0.25) is 0 Å². The third-order valence-electron chi connectivity index (χ3n) is 5.12. The molecule has 0 fully saturated rings. The van der Waals surface area contributed by atoms with Crippen LogP contribution in [0.4, 0.5) is 14.5 Å². The van der Waals surface area contributed by atoms with Crippen molar-refractivity contribution in [1.29, 1.82) is 0 Å². The fourth-order valence-electron chi connectivity index (χ4n) is 3.78. The van der Waals surface area contributed by atoms with Crippen molar-refractivity contribution >= 4 is 28.5 Å². The average Bonchev–Trinajstić information content (AvgIpc) is 3.16. The molecular weight excluding hydrogens is 390 g/mol. The Hall–Kier alpha value is -3.94. The number of fused-ring (bicyclic) bond motifs is 3. The quantitative estimate of drug-likeness (QED) is 0.472. The average molecular weight is 404 g/mol. The highest BCUT2D eigenvalue weighted by Crippen LogP contribution is 2.35. The van der Waals surface area contributed by atoms with Crippen LogP contribution in [0.2, 0.25) is 0 Å². The molecule has 2 aromatic heterocycles. The van der Waals surface area contributed by atoms with E-state index in [0.717, 1.165) is 22.6 Å². The first-order chi connectivity index (χ1) is 14.4. The summed E-state index contributed by atoms with van der Waals surface area (Å²) >= 11 is 0. The van der Waals surface area contributed by atoms with Gasteiger partial charge in [0.05, 0.1) is 27.9 Å². The predicted octanol–water partition coefficient (Wildman–Crippen LogP) is 4.12. The molecule has 30 heavy (non-hydrogen) atoms. The van der Waals surface area contributed by atoms with E-state index in [1.807, 2.05) is 13.0 Å². The number of aryl methyl sites for hydroxylation is 2. The third-order valence-corrected chi connectivity index (χ3v) is 5.12. The summed E-state index contributed by atoms with van der Waals surface area (Å²) < 4.78 is 28.9. The number of imide groups is 1. The third kappa shape index (κ3) is 2.46. The smallest absolute Gasteiger partial charge is 0.267 e. The summed E-state index contributed by atoms with van der Waals surface area (Å²) in [6.07, 6.45) is 1.30. The maximum Gasteiger partial charge on any atom is 0.267 e. The molecule has 5 rings (SSSR count). The minimum Gasteiger partial charge on any atom is -0.268 e. The van der Waals surface area contributed by atoms with Gasteiger partial charge in [-0.1, -0.05) is 12.1 Å². The van der Waals surface area contributed by atoms with Crippen molar-refractivity contribution in [2.75, 3.05) is 4.90 Å². The van der Waals surface area contributed by atoms with E-state index in [4.69, 9.17) is 0 Å². The molecule has 0 N–H and O–H groups in total. The number of rotatable bonds is 2. The summed E-state index contributed by atoms with van der Waals surface area (Å²) in [7, 11) is 0. The molecule has 3 heterocycles. The summed E-state index contributed by atoms with van der Waals surface area (Å²) in [5.74, 6) is -2.50. The Morgan fingerprint density at radius 1 is 0.967 bits per heavy atom. The van der Waals surface area contributed by atoms with E-state index < -0.39 is 23.4 Å². The molecule has 0 saturated carbocycles. The molecule has 2 amide bonds. The van der Waals surface area contributed by atoms with Gasteiger partial charge < -0.3 is 0 Å². The van der Waals surface area contributed by atoms with Crippen molar-refractivity contribution in [3.8, 4) is 5.69 Å². The van der Waals surface area contributed by atoms with E-state index in [2.05, 4.69) is 10.1 Å². The van der Waals surface area contributed by atoms with Crippen LogP contribution < -0.4 is 4.90 Å². The van der Waals surface area contributed by atoms with E-state index in [1.54, 1.807) is 25.1 Å². The van der Waals surface area contributed by atoms with Gasteiger partial charge in [-0.3, -0.25) is 9.59 Å². The van der Waals surface area contributed by atoms with Crippen molar-refractivity contribution < 1.29 is 18.4 Å². The highest BCUT2D eigenvalue weighted by atomic mass is 19.1. The van der Waals surface area contributed by atoms with Crippen LogP contribution in [-0.4, -0.2) is 26.6 Å². The van der Waals surface area contributed by atoms with Crippen LogP contribution in [0.3, 0.4) is 0 Å². The van der Waals surface area contributed by atoms with Crippen LogP contribution >= 0.6 is 0 Å². The second-order valence-electron chi connectivity index (χ2n) is 7.12. The Kier molecular flexibility index (Phi) is 3.79. The molecule has 0 saturated heterocycles. The van der Waals surface area contributed by atoms with Gasteiger partial charge in [0, 0.05) is 12.3 Å². The van der Waals surface area contributed by atoms with Gasteiger partial charge in [-0.25, -0.2) is 23.3 Å². The van der Waals surface area contributed by atoms with Gasteiger partial charge in [0.1, 0.15) is 11.5 Å². The van der Waals surface area contributed by atoms with Crippen LogP contribution in [-0.2, 0) is 0 Å². The molecule has 0 atom stereocenters. The number of carbonyl (C=O) groups excluding carboxylic acids is 2. The summed E-state index contributed by atoms with van der Waals surface area (Å²) in [5.41, 5.74) is 2.32. The molecule has 2 aromatic carbocycles. The Labute approximate surface area is 169 Å². The van der Waals surface area contributed by atoms with E-state index in [-0.39, 0.29) is 22.5 Å². The Morgan fingerprint density at radius 3 is 2.50 bits per heavy atom. The van der Waals surface area contributed by atoms with Gasteiger partial charge in [-0.2, -0.15) is 5.10 Å². The molecule has 8 heteroatoms. The lowest BCUT2D eigenvalue weighted by Crippen LogP contribution is -2.29. The first-order valence-corrected chi connectivity index (χ1v) is 9.16. The number of pyridine rings is 1. The lowest BCUT2D eigenvalue weighted by atomic mass is 10.1. The highest BCUT2D eigenvalue weighted by Gasteiger charge is 2.40. The molecule has 1 aliphatic heterocycles. The maximum atomic E-state index is 14.3. The minimum absolute atomic E-state index is 0.00531. The summed E-state index contributed by atoms with van der Waals surface area (Å²) in [5, 5.41) is 4.67. The Morgan fingerprint density at radius 2 is 1.77 bits per heavy atom. The molecule has 0 radical (unpaired) electrons. The molecule has 0 spiro atoms. The fraction of sp³-hybridized carbons (Fsp3) is 0.0909. The molecule has 0 unspecified atom stereocenters. The van der Waals surface area contributed by atoms with Gasteiger partial charge in [-0.05, 0) is 43.7 Å². The lowest BCUT2D eigenvalue weighted by molar-refractivity contribution is 0.0926. The van der Waals surface area contributed by atoms with Gasteiger partial charge in [0.15, 0.2) is 11.5 Å². The Bertz CT molecular complexity index is 1390. The van der Waals surface area contributed by atoms with Crippen LogP contribution in [0.15, 0.2) is 48.7 Å². The van der Waals surface area contributed by atoms with E-state index >= 15 is 0 Å². The normalized spacial score (nSPS) is 13.4. The van der Waals surface area contributed by atoms with Gasteiger partial charge in [0.25, 0.3) is 11.8 Å². The fourth-order valence-corrected chi connectivity index (χ4v) is 3.78. The number of hydrogen-bond acceptors (Lipinski definition) is 4. The monoisotopic (exact) mass is 404 g/mol.